The van der Waals surface area contributed by atoms with Crippen molar-refractivity contribution in [2.45, 2.75) is 24.8 Å². The van der Waals surface area contributed by atoms with Crippen molar-refractivity contribution in [2.75, 3.05) is 10.5 Å². The highest BCUT2D eigenvalue weighted by atomic mass is 32.2. The molecule has 0 aliphatic rings. The molecule has 0 spiro atoms. The first-order chi connectivity index (χ1) is 14.4. The van der Waals surface area contributed by atoms with Crippen LogP contribution in [0, 0.1) is 5.82 Å². The van der Waals surface area contributed by atoms with Gasteiger partial charge in [-0.3, -0.25) is 9.36 Å². The van der Waals surface area contributed by atoms with Crippen molar-refractivity contribution in [1.82, 2.24) is 19.5 Å². The molecular weight excluding hydrogens is 403 g/mol. The number of hydrogen-bond donors (Lipinski definition) is 2. The molecule has 0 radical (unpaired) electrons. The number of anilines is 2. The number of hydrogen-bond acceptors (Lipinski definition) is 7. The zero-order valence-corrected chi connectivity index (χ0v) is 17.2. The summed E-state index contributed by atoms with van der Waals surface area (Å²) >= 11 is 1.30. The lowest BCUT2D eigenvalue weighted by Crippen LogP contribution is -2.26. The first-order valence-corrected chi connectivity index (χ1v) is 10.1. The Morgan fingerprint density at radius 3 is 2.60 bits per heavy atom. The van der Waals surface area contributed by atoms with Crippen LogP contribution in [0.3, 0.4) is 0 Å². The van der Waals surface area contributed by atoms with Crippen molar-refractivity contribution < 1.29 is 4.39 Å². The molecule has 4 aromatic rings. The van der Waals surface area contributed by atoms with Gasteiger partial charge < -0.3 is 10.5 Å². The fourth-order valence-corrected chi connectivity index (χ4v) is 3.72. The molecule has 4 rings (SSSR count). The number of nitrogens with zero attached hydrogens (tertiary/aromatic N) is 4. The van der Waals surface area contributed by atoms with E-state index in [1.54, 1.807) is 12.1 Å². The van der Waals surface area contributed by atoms with E-state index in [1.165, 1.54) is 28.8 Å². The summed E-state index contributed by atoms with van der Waals surface area (Å²) in [6, 6.07) is 13.9. The third kappa shape index (κ3) is 3.84. The van der Waals surface area contributed by atoms with E-state index >= 15 is 0 Å². The van der Waals surface area contributed by atoms with Crippen LogP contribution >= 0.6 is 11.9 Å². The van der Waals surface area contributed by atoms with E-state index in [1.807, 2.05) is 44.2 Å². The molecule has 2 aromatic heterocycles. The van der Waals surface area contributed by atoms with Crippen molar-refractivity contribution in [3.05, 3.63) is 70.9 Å². The Kier molecular flexibility index (Phi) is 5.37. The standard InChI is InChI=1S/C21H19FN6OS/c1-12(2)28-19-17(11-24-21(23)26-19)25-18(20(28)29)13-8-9-16(15(22)10-13)27-30-14-6-4-3-5-7-14/h3-12,27H,1-2H3,(H2,23,24,26). The highest BCUT2D eigenvalue weighted by Gasteiger charge is 2.17. The molecule has 2 heterocycles. The largest absolute Gasteiger partial charge is 0.368 e. The van der Waals surface area contributed by atoms with Crippen LogP contribution in [0.15, 0.2) is 64.4 Å². The van der Waals surface area contributed by atoms with Crippen molar-refractivity contribution in [1.29, 1.82) is 0 Å². The fourth-order valence-electron chi connectivity index (χ4n) is 3.03. The molecule has 0 saturated heterocycles. The minimum atomic E-state index is -0.484. The number of nitrogens with one attached hydrogen (secondary N) is 1. The van der Waals surface area contributed by atoms with E-state index in [2.05, 4.69) is 19.7 Å². The van der Waals surface area contributed by atoms with Gasteiger partial charge in [-0.05, 0) is 50.1 Å². The molecule has 9 heteroatoms. The second kappa shape index (κ2) is 8.11. The maximum atomic E-state index is 14.7. The molecule has 152 valence electrons. The summed E-state index contributed by atoms with van der Waals surface area (Å²) in [6.45, 7) is 3.72. The SMILES string of the molecule is CC(C)n1c(=O)c(-c2ccc(NSc3ccccc3)c(F)c2)nc2cnc(N)nc21. The van der Waals surface area contributed by atoms with E-state index in [0.717, 1.165) is 4.90 Å². The summed E-state index contributed by atoms with van der Waals surface area (Å²) < 4.78 is 19.2. The lowest BCUT2D eigenvalue weighted by Gasteiger charge is -2.15. The number of nitrogen functional groups attached to an aromatic ring is 1. The summed E-state index contributed by atoms with van der Waals surface area (Å²) in [7, 11) is 0. The van der Waals surface area contributed by atoms with Crippen LogP contribution in [0.4, 0.5) is 16.0 Å². The molecule has 30 heavy (non-hydrogen) atoms. The highest BCUT2D eigenvalue weighted by molar-refractivity contribution is 8.00. The van der Waals surface area contributed by atoms with E-state index in [0.29, 0.717) is 22.4 Å². The number of halogens is 1. The number of rotatable bonds is 5. The van der Waals surface area contributed by atoms with E-state index in [4.69, 9.17) is 5.73 Å². The maximum absolute atomic E-state index is 14.7. The van der Waals surface area contributed by atoms with Crippen molar-refractivity contribution >= 4 is 34.7 Å². The average Bonchev–Trinajstić information content (AvgIpc) is 2.73. The van der Waals surface area contributed by atoms with Gasteiger partial charge in [0.2, 0.25) is 5.95 Å². The summed E-state index contributed by atoms with van der Waals surface area (Å²) in [5.41, 5.74) is 6.89. The van der Waals surface area contributed by atoms with Gasteiger partial charge in [0.05, 0.1) is 11.9 Å². The van der Waals surface area contributed by atoms with E-state index in [-0.39, 0.29) is 23.2 Å². The smallest absolute Gasteiger partial charge is 0.278 e. The molecule has 0 bridgehead atoms. The van der Waals surface area contributed by atoms with Gasteiger partial charge in [0.15, 0.2) is 5.65 Å². The van der Waals surface area contributed by atoms with E-state index < -0.39 is 5.82 Å². The zero-order chi connectivity index (χ0) is 21.3. The van der Waals surface area contributed by atoms with Gasteiger partial charge in [0, 0.05) is 16.5 Å². The second-order valence-corrected chi connectivity index (χ2v) is 7.76. The lowest BCUT2D eigenvalue weighted by molar-refractivity contribution is 0.593. The van der Waals surface area contributed by atoms with Crippen LogP contribution in [-0.4, -0.2) is 19.5 Å². The Morgan fingerprint density at radius 1 is 1.13 bits per heavy atom. The Bertz CT molecular complexity index is 1280. The Morgan fingerprint density at radius 2 is 1.90 bits per heavy atom. The van der Waals surface area contributed by atoms with Crippen LogP contribution in [0.25, 0.3) is 22.4 Å². The average molecular weight is 422 g/mol. The van der Waals surface area contributed by atoms with Gasteiger partial charge in [0.1, 0.15) is 17.0 Å². The minimum absolute atomic E-state index is 0.0586. The van der Waals surface area contributed by atoms with Gasteiger partial charge in [-0.15, -0.1) is 0 Å². The quantitative estimate of drug-likeness (QED) is 0.463. The number of benzene rings is 2. The van der Waals surface area contributed by atoms with Crippen LogP contribution in [-0.2, 0) is 0 Å². The lowest BCUT2D eigenvalue weighted by atomic mass is 10.1. The summed E-state index contributed by atoms with van der Waals surface area (Å²) in [6.07, 6.45) is 1.46. The number of fused-ring (bicyclic) bond motifs is 1. The molecule has 0 aliphatic heterocycles. The number of nitrogens with two attached hydrogens (primary N) is 1. The van der Waals surface area contributed by atoms with Gasteiger partial charge in [-0.2, -0.15) is 4.98 Å². The molecule has 2 aromatic carbocycles. The predicted molar refractivity (Wildman–Crippen MR) is 118 cm³/mol. The first-order valence-electron chi connectivity index (χ1n) is 9.26. The molecule has 0 fully saturated rings. The van der Waals surface area contributed by atoms with Crippen LogP contribution in [0.5, 0.6) is 0 Å². The second-order valence-electron chi connectivity index (χ2n) is 6.88. The van der Waals surface area contributed by atoms with Gasteiger partial charge in [-0.1, -0.05) is 24.3 Å². The molecule has 0 saturated carbocycles. The van der Waals surface area contributed by atoms with Crippen molar-refractivity contribution in [3.63, 3.8) is 0 Å². The predicted octanol–water partition coefficient (Wildman–Crippen LogP) is 4.27. The van der Waals surface area contributed by atoms with Crippen LogP contribution in [0.2, 0.25) is 0 Å². The molecule has 0 aliphatic carbocycles. The normalized spacial score (nSPS) is 11.2. The maximum Gasteiger partial charge on any atom is 0.278 e. The van der Waals surface area contributed by atoms with Gasteiger partial charge >= 0.3 is 0 Å². The van der Waals surface area contributed by atoms with Crippen LogP contribution in [0.1, 0.15) is 19.9 Å². The summed E-state index contributed by atoms with van der Waals surface area (Å²) in [4.78, 5) is 26.6. The Hall–Kier alpha value is -3.46. The monoisotopic (exact) mass is 422 g/mol. The molecule has 0 unspecified atom stereocenters. The minimum Gasteiger partial charge on any atom is -0.368 e. The molecular formula is C21H19FN6OS. The molecule has 0 atom stereocenters. The van der Waals surface area contributed by atoms with Crippen molar-refractivity contribution in [2.24, 2.45) is 0 Å². The third-order valence-electron chi connectivity index (χ3n) is 4.43. The molecule has 3 N–H and O–H groups in total. The topological polar surface area (TPSA) is 98.7 Å². The highest BCUT2D eigenvalue weighted by Crippen LogP contribution is 2.27. The van der Waals surface area contributed by atoms with Gasteiger partial charge in [-0.25, -0.2) is 14.4 Å². The molecule has 7 nitrogen and oxygen atoms in total. The first kappa shape index (κ1) is 19.8. The van der Waals surface area contributed by atoms with E-state index in [9.17, 15) is 9.18 Å². The summed E-state index contributed by atoms with van der Waals surface area (Å²) in [5, 5.41) is 0. The Balaban J connectivity index is 1.73. The number of aromatic nitrogens is 4. The van der Waals surface area contributed by atoms with Gasteiger partial charge in [0.25, 0.3) is 5.56 Å². The zero-order valence-electron chi connectivity index (χ0n) is 16.3. The third-order valence-corrected chi connectivity index (χ3v) is 5.26. The fraction of sp³-hybridized carbons (Fsp3) is 0.143. The van der Waals surface area contributed by atoms with Crippen LogP contribution < -0.4 is 16.0 Å². The molecule has 0 amide bonds. The summed E-state index contributed by atoms with van der Waals surface area (Å²) in [5.74, 6) is -0.426. The Labute approximate surface area is 176 Å². The van der Waals surface area contributed by atoms with Crippen molar-refractivity contribution in [3.8, 4) is 11.3 Å².